The van der Waals surface area contributed by atoms with Crippen LogP contribution in [0.1, 0.15) is 11.6 Å². The van der Waals surface area contributed by atoms with Crippen LogP contribution in [0, 0.1) is 0 Å². The summed E-state index contributed by atoms with van der Waals surface area (Å²) >= 11 is 7.59. The van der Waals surface area contributed by atoms with E-state index >= 15 is 0 Å². The molecule has 0 aliphatic carbocycles. The Morgan fingerprint density at radius 3 is 3.05 bits per heavy atom. The number of rotatable bonds is 1. The third-order valence-electron chi connectivity index (χ3n) is 3.38. The summed E-state index contributed by atoms with van der Waals surface area (Å²) in [6, 6.07) is 5.20. The van der Waals surface area contributed by atoms with E-state index in [1.165, 1.54) is 0 Å². The van der Waals surface area contributed by atoms with Crippen molar-refractivity contribution >= 4 is 40.8 Å². The Kier molecular flexibility index (Phi) is 2.61. The molecule has 2 aliphatic heterocycles. The van der Waals surface area contributed by atoms with Gasteiger partial charge in [-0.3, -0.25) is 4.90 Å². The highest BCUT2D eigenvalue weighted by molar-refractivity contribution is 7.99. The number of urea groups is 1. The van der Waals surface area contributed by atoms with Crippen molar-refractivity contribution in [2.45, 2.75) is 11.1 Å². The van der Waals surface area contributed by atoms with Crippen molar-refractivity contribution in [3.8, 4) is 0 Å². The normalized spacial score (nSPS) is 19.8. The number of hydrogen-bond acceptors (Lipinski definition) is 4. The van der Waals surface area contributed by atoms with Crippen LogP contribution >= 0.6 is 23.4 Å². The number of aromatic nitrogens is 2. The maximum absolute atomic E-state index is 12.4. The van der Waals surface area contributed by atoms with Gasteiger partial charge in [0.25, 0.3) is 0 Å². The van der Waals surface area contributed by atoms with E-state index in [4.69, 9.17) is 11.6 Å². The molecule has 0 radical (unpaired) electrons. The maximum atomic E-state index is 12.4. The molecule has 0 spiro atoms. The molecule has 0 saturated heterocycles. The number of halogens is 1. The van der Waals surface area contributed by atoms with Crippen molar-refractivity contribution < 1.29 is 4.79 Å². The second-order valence-corrected chi connectivity index (χ2v) is 5.93. The molecular weight excluding hydrogens is 296 g/mol. The summed E-state index contributed by atoms with van der Waals surface area (Å²) in [6.07, 6.45) is 3.32. The first-order chi connectivity index (χ1) is 9.74. The summed E-state index contributed by atoms with van der Waals surface area (Å²) in [5.74, 6) is 0.829. The van der Waals surface area contributed by atoms with Crippen LogP contribution in [-0.4, -0.2) is 21.8 Å². The maximum Gasteiger partial charge on any atom is 0.327 e. The summed E-state index contributed by atoms with van der Waals surface area (Å²) in [5.41, 5.74) is 2.66. The van der Waals surface area contributed by atoms with Gasteiger partial charge in [-0.1, -0.05) is 11.6 Å². The van der Waals surface area contributed by atoms with E-state index in [2.05, 4.69) is 15.3 Å². The van der Waals surface area contributed by atoms with Crippen LogP contribution in [0.25, 0.3) is 0 Å². The Balaban J connectivity index is 1.91. The first kappa shape index (κ1) is 12.0. The molecule has 0 aromatic carbocycles. The Morgan fingerprint density at radius 1 is 1.35 bits per heavy atom. The van der Waals surface area contributed by atoms with Crippen molar-refractivity contribution in [2.24, 2.45) is 0 Å². The largest absolute Gasteiger partial charge is 0.330 e. The SMILES string of the molecule is O=C1NC2CSc3nccc(c32)N1c1ccnc(Cl)c1. The topological polar surface area (TPSA) is 58.1 Å². The first-order valence-electron chi connectivity index (χ1n) is 6.08. The number of amides is 2. The molecule has 2 aromatic rings. The lowest BCUT2D eigenvalue weighted by Gasteiger charge is -2.32. The van der Waals surface area contributed by atoms with E-state index in [-0.39, 0.29) is 12.1 Å². The molecule has 1 unspecified atom stereocenters. The Bertz CT molecular complexity index is 723. The van der Waals surface area contributed by atoms with Gasteiger partial charge in [-0.05, 0) is 18.2 Å². The number of anilines is 2. The molecule has 5 nitrogen and oxygen atoms in total. The van der Waals surface area contributed by atoms with Crippen LogP contribution in [0.5, 0.6) is 0 Å². The monoisotopic (exact) mass is 304 g/mol. The molecule has 0 bridgehead atoms. The van der Waals surface area contributed by atoms with Gasteiger partial charge in [0.15, 0.2) is 0 Å². The van der Waals surface area contributed by atoms with Crippen LogP contribution in [0.2, 0.25) is 5.15 Å². The molecule has 7 heteroatoms. The minimum absolute atomic E-state index is 0.0414. The summed E-state index contributed by atoms with van der Waals surface area (Å²) in [6.45, 7) is 0. The van der Waals surface area contributed by atoms with Gasteiger partial charge in [0.1, 0.15) is 10.2 Å². The van der Waals surface area contributed by atoms with E-state index in [9.17, 15) is 4.79 Å². The lowest BCUT2D eigenvalue weighted by Crippen LogP contribution is -2.44. The van der Waals surface area contributed by atoms with Gasteiger partial charge >= 0.3 is 6.03 Å². The van der Waals surface area contributed by atoms with E-state index in [0.29, 0.717) is 10.8 Å². The lowest BCUT2D eigenvalue weighted by molar-refractivity contribution is 0.244. The van der Waals surface area contributed by atoms with Gasteiger partial charge in [-0.15, -0.1) is 11.8 Å². The van der Waals surface area contributed by atoms with Gasteiger partial charge in [-0.2, -0.15) is 0 Å². The van der Waals surface area contributed by atoms with Gasteiger partial charge in [0.05, 0.1) is 17.4 Å². The molecule has 2 amide bonds. The zero-order chi connectivity index (χ0) is 13.7. The number of thioether (sulfide) groups is 1. The molecule has 2 aromatic heterocycles. The highest BCUT2D eigenvalue weighted by Crippen LogP contribution is 2.46. The van der Waals surface area contributed by atoms with Crippen LogP contribution in [-0.2, 0) is 0 Å². The molecular formula is C13H9ClN4OS. The summed E-state index contributed by atoms with van der Waals surface area (Å²) in [5, 5.41) is 4.35. The van der Waals surface area contributed by atoms with E-state index in [1.807, 2.05) is 6.07 Å². The minimum Gasteiger partial charge on any atom is -0.330 e. The molecule has 1 N–H and O–H groups in total. The Hall–Kier alpha value is -1.79. The molecule has 0 fully saturated rings. The van der Waals surface area contributed by atoms with Gasteiger partial charge in [-0.25, -0.2) is 14.8 Å². The smallest absolute Gasteiger partial charge is 0.327 e. The zero-order valence-corrected chi connectivity index (χ0v) is 11.8. The van der Waals surface area contributed by atoms with Crippen LogP contribution in [0.4, 0.5) is 16.2 Å². The molecule has 0 saturated carbocycles. The second kappa shape index (κ2) is 4.36. The van der Waals surface area contributed by atoms with Crippen molar-refractivity contribution in [3.05, 3.63) is 41.3 Å². The van der Waals surface area contributed by atoms with E-state index in [0.717, 1.165) is 22.0 Å². The van der Waals surface area contributed by atoms with Gasteiger partial charge in [0, 0.05) is 23.7 Å². The number of carbonyl (C=O) groups is 1. The molecule has 4 rings (SSSR count). The minimum atomic E-state index is -0.149. The summed E-state index contributed by atoms with van der Waals surface area (Å²) in [4.78, 5) is 22.3. The van der Waals surface area contributed by atoms with Crippen molar-refractivity contribution in [1.82, 2.24) is 15.3 Å². The second-order valence-electron chi connectivity index (χ2n) is 4.53. The van der Waals surface area contributed by atoms with Crippen molar-refractivity contribution in [2.75, 3.05) is 10.7 Å². The predicted molar refractivity (Wildman–Crippen MR) is 77.6 cm³/mol. The molecule has 20 heavy (non-hydrogen) atoms. The van der Waals surface area contributed by atoms with E-state index < -0.39 is 0 Å². The van der Waals surface area contributed by atoms with Crippen molar-refractivity contribution in [1.29, 1.82) is 0 Å². The summed E-state index contributed by atoms with van der Waals surface area (Å²) in [7, 11) is 0. The third-order valence-corrected chi connectivity index (χ3v) is 4.68. The number of nitrogens with one attached hydrogen (secondary N) is 1. The van der Waals surface area contributed by atoms with Gasteiger partial charge < -0.3 is 5.32 Å². The fraction of sp³-hybridized carbons (Fsp3) is 0.154. The highest BCUT2D eigenvalue weighted by atomic mass is 35.5. The third kappa shape index (κ3) is 1.68. The highest BCUT2D eigenvalue weighted by Gasteiger charge is 2.37. The van der Waals surface area contributed by atoms with Crippen molar-refractivity contribution in [3.63, 3.8) is 0 Å². The lowest BCUT2D eigenvalue weighted by atomic mass is 10.1. The first-order valence-corrected chi connectivity index (χ1v) is 7.44. The molecule has 100 valence electrons. The van der Waals surface area contributed by atoms with Gasteiger partial charge in [0.2, 0.25) is 0 Å². The average molecular weight is 305 g/mol. The fourth-order valence-corrected chi connectivity index (χ4v) is 3.83. The Morgan fingerprint density at radius 2 is 2.20 bits per heavy atom. The average Bonchev–Trinajstić information content (AvgIpc) is 2.83. The predicted octanol–water partition coefficient (Wildman–Crippen LogP) is 3.14. The van der Waals surface area contributed by atoms with E-state index in [1.54, 1.807) is 41.2 Å². The summed E-state index contributed by atoms with van der Waals surface area (Å²) < 4.78 is 0. The zero-order valence-electron chi connectivity index (χ0n) is 10.2. The molecule has 2 aliphatic rings. The standard InChI is InChI=1S/C13H9ClN4OS/c14-10-5-7(1-3-15-10)18-9-2-4-16-12-11(9)8(6-20-12)17-13(18)19/h1-5,8H,6H2,(H,17,19). The number of pyridine rings is 2. The number of nitrogens with zero attached hydrogens (tertiary/aromatic N) is 3. The van der Waals surface area contributed by atoms with Crippen LogP contribution in [0.15, 0.2) is 35.6 Å². The molecule has 4 heterocycles. The fourth-order valence-electron chi connectivity index (χ4n) is 2.55. The quantitative estimate of drug-likeness (QED) is 0.822. The number of carbonyl (C=O) groups excluding carboxylic acids is 1. The Labute approximate surface area is 124 Å². The molecule has 1 atom stereocenters. The van der Waals surface area contributed by atoms with Crippen LogP contribution in [0.3, 0.4) is 0 Å². The number of hydrogen-bond donors (Lipinski definition) is 1. The van der Waals surface area contributed by atoms with Crippen LogP contribution < -0.4 is 10.2 Å².